The van der Waals surface area contributed by atoms with Gasteiger partial charge in [-0.25, -0.2) is 8.42 Å². The molecule has 0 radical (unpaired) electrons. The number of rotatable bonds is 2. The van der Waals surface area contributed by atoms with Crippen molar-refractivity contribution < 1.29 is 12.9 Å². The van der Waals surface area contributed by atoms with Crippen LogP contribution in [-0.4, -0.2) is 19.8 Å². The molecule has 74 valence electrons. The minimum atomic E-state index is -3.18. The van der Waals surface area contributed by atoms with Crippen molar-refractivity contribution in [2.45, 2.75) is 12.2 Å². The summed E-state index contributed by atoms with van der Waals surface area (Å²) in [5, 5.41) is 2.70. The SMILES string of the molecule is CC(c1onc(N)c1Br)S(C)(=O)=O. The van der Waals surface area contributed by atoms with E-state index < -0.39 is 15.1 Å². The fraction of sp³-hybridized carbons (Fsp3) is 0.500. The predicted molar refractivity (Wildman–Crippen MR) is 51.9 cm³/mol. The zero-order valence-corrected chi connectivity index (χ0v) is 9.52. The van der Waals surface area contributed by atoms with E-state index in [1.54, 1.807) is 0 Å². The first kappa shape index (κ1) is 10.5. The summed E-state index contributed by atoms with van der Waals surface area (Å²) in [6.45, 7) is 1.51. The first-order chi connectivity index (χ1) is 5.84. The second-order valence-corrected chi connectivity index (χ2v) is 5.88. The first-order valence-corrected chi connectivity index (χ1v) is 6.18. The number of aromatic nitrogens is 1. The van der Waals surface area contributed by atoms with Crippen LogP contribution in [0, 0.1) is 0 Å². The highest BCUT2D eigenvalue weighted by Gasteiger charge is 2.25. The Morgan fingerprint density at radius 3 is 2.46 bits per heavy atom. The van der Waals surface area contributed by atoms with Crippen LogP contribution in [0.25, 0.3) is 0 Å². The molecule has 0 aliphatic heterocycles. The second kappa shape index (κ2) is 3.30. The monoisotopic (exact) mass is 268 g/mol. The lowest BCUT2D eigenvalue weighted by Crippen LogP contribution is -2.07. The largest absolute Gasteiger partial charge is 0.380 e. The Hall–Kier alpha value is -0.560. The molecule has 0 saturated carbocycles. The minimum absolute atomic E-state index is 0.158. The number of nitrogen functional groups attached to an aromatic ring is 1. The Balaban J connectivity index is 3.17. The second-order valence-electron chi connectivity index (χ2n) is 2.72. The predicted octanol–water partition coefficient (Wildman–Crippen LogP) is 1.12. The van der Waals surface area contributed by atoms with Gasteiger partial charge in [-0.15, -0.1) is 0 Å². The third-order valence-electron chi connectivity index (χ3n) is 1.70. The molecule has 13 heavy (non-hydrogen) atoms. The molecule has 1 atom stereocenters. The van der Waals surface area contributed by atoms with Crippen LogP contribution in [0.5, 0.6) is 0 Å². The van der Waals surface area contributed by atoms with Gasteiger partial charge in [0.2, 0.25) is 0 Å². The van der Waals surface area contributed by atoms with Gasteiger partial charge in [-0.3, -0.25) is 0 Å². The highest BCUT2D eigenvalue weighted by atomic mass is 79.9. The number of nitrogens with two attached hydrogens (primary N) is 1. The van der Waals surface area contributed by atoms with Crippen molar-refractivity contribution in [2.24, 2.45) is 0 Å². The maximum absolute atomic E-state index is 11.1. The van der Waals surface area contributed by atoms with Crippen LogP contribution in [0.1, 0.15) is 17.9 Å². The Kier molecular flexibility index (Phi) is 2.67. The molecule has 0 spiro atoms. The van der Waals surface area contributed by atoms with Crippen molar-refractivity contribution in [1.82, 2.24) is 5.16 Å². The van der Waals surface area contributed by atoms with Gasteiger partial charge in [0.25, 0.3) is 0 Å². The van der Waals surface area contributed by atoms with E-state index in [0.717, 1.165) is 6.26 Å². The van der Waals surface area contributed by atoms with Gasteiger partial charge in [-0.05, 0) is 22.9 Å². The van der Waals surface area contributed by atoms with Gasteiger partial charge in [0, 0.05) is 6.26 Å². The lowest BCUT2D eigenvalue weighted by Gasteiger charge is -2.04. The van der Waals surface area contributed by atoms with Crippen LogP contribution in [0.4, 0.5) is 5.82 Å². The van der Waals surface area contributed by atoms with Gasteiger partial charge in [0.15, 0.2) is 21.4 Å². The molecule has 2 N–H and O–H groups in total. The molecule has 0 amide bonds. The molecular weight excluding hydrogens is 260 g/mol. The van der Waals surface area contributed by atoms with Crippen LogP contribution in [0.2, 0.25) is 0 Å². The Bertz CT molecular complexity index is 412. The summed E-state index contributed by atoms with van der Waals surface area (Å²) in [5.41, 5.74) is 5.38. The molecule has 1 rings (SSSR count). The van der Waals surface area contributed by atoms with Crippen molar-refractivity contribution >= 4 is 31.6 Å². The van der Waals surface area contributed by atoms with Crippen molar-refractivity contribution in [3.8, 4) is 0 Å². The fourth-order valence-corrected chi connectivity index (χ4v) is 1.94. The zero-order valence-electron chi connectivity index (χ0n) is 7.11. The van der Waals surface area contributed by atoms with Crippen LogP contribution >= 0.6 is 15.9 Å². The van der Waals surface area contributed by atoms with Crippen LogP contribution < -0.4 is 5.73 Å². The summed E-state index contributed by atoms with van der Waals surface area (Å²) in [6, 6.07) is 0. The molecule has 0 aliphatic rings. The average molecular weight is 269 g/mol. The number of hydrogen-bond acceptors (Lipinski definition) is 5. The maximum atomic E-state index is 11.1. The highest BCUT2D eigenvalue weighted by molar-refractivity contribution is 9.10. The topological polar surface area (TPSA) is 86.2 Å². The summed E-state index contributed by atoms with van der Waals surface area (Å²) >= 11 is 3.10. The Labute approximate surface area is 84.3 Å². The Morgan fingerprint density at radius 1 is 1.62 bits per heavy atom. The molecule has 0 bridgehead atoms. The van der Waals surface area contributed by atoms with Crippen molar-refractivity contribution in [2.75, 3.05) is 12.0 Å². The van der Waals surface area contributed by atoms with E-state index in [1.165, 1.54) is 6.92 Å². The molecule has 0 aromatic carbocycles. The van der Waals surface area contributed by atoms with E-state index >= 15 is 0 Å². The van der Waals surface area contributed by atoms with E-state index in [0.29, 0.717) is 4.47 Å². The molecule has 1 unspecified atom stereocenters. The molecule has 1 heterocycles. The third-order valence-corrected chi connectivity index (χ3v) is 3.99. The molecule has 5 nitrogen and oxygen atoms in total. The third kappa shape index (κ3) is 2.02. The molecule has 7 heteroatoms. The van der Waals surface area contributed by atoms with Gasteiger partial charge in [-0.2, -0.15) is 0 Å². The Morgan fingerprint density at radius 2 is 2.15 bits per heavy atom. The van der Waals surface area contributed by atoms with Crippen molar-refractivity contribution in [1.29, 1.82) is 0 Å². The van der Waals surface area contributed by atoms with Gasteiger partial charge < -0.3 is 10.3 Å². The summed E-state index contributed by atoms with van der Waals surface area (Å²) in [7, 11) is -3.18. The van der Waals surface area contributed by atoms with E-state index in [2.05, 4.69) is 21.1 Å². The van der Waals surface area contributed by atoms with Gasteiger partial charge in [0.05, 0.1) is 0 Å². The number of hydrogen-bond donors (Lipinski definition) is 1. The number of sulfone groups is 1. The molecule has 1 aromatic heterocycles. The van der Waals surface area contributed by atoms with Gasteiger partial charge >= 0.3 is 0 Å². The smallest absolute Gasteiger partial charge is 0.181 e. The molecule has 0 saturated heterocycles. The lowest BCUT2D eigenvalue weighted by atomic mass is 10.3. The van der Waals surface area contributed by atoms with Crippen molar-refractivity contribution in [3.63, 3.8) is 0 Å². The summed E-state index contributed by atoms with van der Waals surface area (Å²) in [5.74, 6) is 0.394. The van der Waals surface area contributed by atoms with Gasteiger partial charge in [-0.1, -0.05) is 5.16 Å². The summed E-state index contributed by atoms with van der Waals surface area (Å²) in [4.78, 5) is 0. The standard InChI is InChI=1S/C6H9BrN2O3S/c1-3(13(2,10)11)5-4(7)6(8)9-12-5/h3H,1-2H3,(H2,8,9). The zero-order chi connectivity index (χ0) is 10.2. The van der Waals surface area contributed by atoms with Crippen LogP contribution in [0.3, 0.4) is 0 Å². The van der Waals surface area contributed by atoms with E-state index in [4.69, 9.17) is 10.3 Å². The number of nitrogens with zero attached hydrogens (tertiary/aromatic N) is 1. The fourth-order valence-electron chi connectivity index (χ4n) is 0.752. The normalized spacial score (nSPS) is 14.4. The molecule has 1 aromatic rings. The minimum Gasteiger partial charge on any atom is -0.380 e. The molecular formula is C6H9BrN2O3S. The molecule has 0 aliphatic carbocycles. The summed E-state index contributed by atoms with van der Waals surface area (Å²) in [6.07, 6.45) is 1.13. The molecule has 0 fully saturated rings. The quantitative estimate of drug-likeness (QED) is 0.869. The maximum Gasteiger partial charge on any atom is 0.181 e. The van der Waals surface area contributed by atoms with Gasteiger partial charge in [0.1, 0.15) is 9.72 Å². The van der Waals surface area contributed by atoms with Crippen LogP contribution in [-0.2, 0) is 9.84 Å². The highest BCUT2D eigenvalue weighted by Crippen LogP contribution is 2.31. The lowest BCUT2D eigenvalue weighted by molar-refractivity contribution is 0.383. The summed E-state index contributed by atoms with van der Waals surface area (Å²) < 4.78 is 27.5. The average Bonchev–Trinajstić information content (AvgIpc) is 2.30. The number of halogens is 1. The first-order valence-electron chi connectivity index (χ1n) is 3.43. The van der Waals surface area contributed by atoms with Crippen LogP contribution in [0.15, 0.2) is 9.00 Å². The van der Waals surface area contributed by atoms with E-state index in [1.807, 2.05) is 0 Å². The van der Waals surface area contributed by atoms with Crippen molar-refractivity contribution in [3.05, 3.63) is 10.2 Å². The van der Waals surface area contributed by atoms with E-state index in [9.17, 15) is 8.42 Å². The number of anilines is 1. The van der Waals surface area contributed by atoms with E-state index in [-0.39, 0.29) is 11.6 Å².